The van der Waals surface area contributed by atoms with E-state index in [0.29, 0.717) is 6.04 Å². The molecule has 1 aromatic heterocycles. The summed E-state index contributed by atoms with van der Waals surface area (Å²) >= 11 is 0. The predicted molar refractivity (Wildman–Crippen MR) is 73.8 cm³/mol. The van der Waals surface area contributed by atoms with Crippen molar-refractivity contribution in [1.29, 1.82) is 0 Å². The first-order chi connectivity index (χ1) is 9.16. The molecule has 1 unspecified atom stereocenters. The number of aryl methyl sites for hydroxylation is 1. The van der Waals surface area contributed by atoms with E-state index in [1.54, 1.807) is 0 Å². The molecule has 4 nitrogen and oxygen atoms in total. The molecule has 1 N–H and O–H groups in total. The van der Waals surface area contributed by atoms with Gasteiger partial charge in [0, 0.05) is 24.9 Å². The Hall–Kier alpha value is -1.00. The Kier molecular flexibility index (Phi) is 3.54. The third kappa shape index (κ3) is 3.12. The molecule has 1 aromatic rings. The standard InChI is InChI=1S/C15H23N3O/c1-11-9-13(10-16-12-5-6-12)18-14(17-11)15(2)7-3-4-8-19-15/h9,12,16H,3-8,10H2,1-2H3. The summed E-state index contributed by atoms with van der Waals surface area (Å²) in [6.45, 7) is 5.83. The van der Waals surface area contributed by atoms with Crippen LogP contribution in [0.15, 0.2) is 6.07 Å². The number of aromatic nitrogens is 2. The van der Waals surface area contributed by atoms with Gasteiger partial charge in [0.1, 0.15) is 5.60 Å². The first-order valence-corrected chi connectivity index (χ1v) is 7.38. The number of rotatable bonds is 4. The highest BCUT2D eigenvalue weighted by atomic mass is 16.5. The van der Waals surface area contributed by atoms with E-state index in [-0.39, 0.29) is 5.60 Å². The van der Waals surface area contributed by atoms with Crippen molar-refractivity contribution in [3.8, 4) is 0 Å². The molecule has 1 aliphatic heterocycles. The van der Waals surface area contributed by atoms with Gasteiger partial charge in [-0.25, -0.2) is 9.97 Å². The third-order valence-corrected chi connectivity index (χ3v) is 4.00. The van der Waals surface area contributed by atoms with E-state index in [2.05, 4.69) is 23.3 Å². The lowest BCUT2D eigenvalue weighted by atomic mass is 9.95. The van der Waals surface area contributed by atoms with Gasteiger partial charge in [0.25, 0.3) is 0 Å². The van der Waals surface area contributed by atoms with Gasteiger partial charge in [-0.15, -0.1) is 0 Å². The van der Waals surface area contributed by atoms with Gasteiger partial charge in [-0.3, -0.25) is 0 Å². The lowest BCUT2D eigenvalue weighted by Gasteiger charge is -2.32. The van der Waals surface area contributed by atoms with Crippen LogP contribution in [0.2, 0.25) is 0 Å². The molecule has 1 aliphatic carbocycles. The largest absolute Gasteiger partial charge is 0.367 e. The van der Waals surface area contributed by atoms with Gasteiger partial charge >= 0.3 is 0 Å². The first kappa shape index (κ1) is 13.0. The van der Waals surface area contributed by atoms with Crippen LogP contribution in [0.4, 0.5) is 0 Å². The van der Waals surface area contributed by atoms with Crippen molar-refractivity contribution < 1.29 is 4.74 Å². The smallest absolute Gasteiger partial charge is 0.160 e. The molecular weight excluding hydrogens is 238 g/mol. The minimum atomic E-state index is -0.293. The highest BCUT2D eigenvalue weighted by molar-refractivity contribution is 5.14. The summed E-state index contributed by atoms with van der Waals surface area (Å²) in [5.74, 6) is 0.861. The Balaban J connectivity index is 1.79. The normalized spacial score (nSPS) is 27.5. The molecule has 1 saturated heterocycles. The molecule has 3 rings (SSSR count). The summed E-state index contributed by atoms with van der Waals surface area (Å²) < 4.78 is 5.95. The molecule has 4 heteroatoms. The van der Waals surface area contributed by atoms with Crippen LogP contribution in [-0.4, -0.2) is 22.6 Å². The van der Waals surface area contributed by atoms with Crippen LogP contribution < -0.4 is 5.32 Å². The lowest BCUT2D eigenvalue weighted by molar-refractivity contribution is -0.0762. The van der Waals surface area contributed by atoms with Gasteiger partial charge in [-0.2, -0.15) is 0 Å². The molecule has 2 aliphatic rings. The van der Waals surface area contributed by atoms with Crippen molar-refractivity contribution in [3.05, 3.63) is 23.3 Å². The van der Waals surface area contributed by atoms with Crippen LogP contribution in [0.25, 0.3) is 0 Å². The average Bonchev–Trinajstić information content (AvgIpc) is 3.21. The summed E-state index contributed by atoms with van der Waals surface area (Å²) in [6, 6.07) is 2.78. The highest BCUT2D eigenvalue weighted by Gasteiger charge is 2.33. The number of nitrogens with zero attached hydrogens (tertiary/aromatic N) is 2. The van der Waals surface area contributed by atoms with Crippen molar-refractivity contribution in [3.63, 3.8) is 0 Å². The van der Waals surface area contributed by atoms with E-state index in [9.17, 15) is 0 Å². The molecule has 2 heterocycles. The number of nitrogens with one attached hydrogen (secondary N) is 1. The van der Waals surface area contributed by atoms with Gasteiger partial charge in [0.15, 0.2) is 5.82 Å². The Morgan fingerprint density at radius 2 is 2.21 bits per heavy atom. The maximum Gasteiger partial charge on any atom is 0.160 e. The molecule has 104 valence electrons. The second-order valence-corrected chi connectivity index (χ2v) is 6.02. The van der Waals surface area contributed by atoms with Crippen molar-refractivity contribution in [2.45, 2.75) is 64.1 Å². The van der Waals surface area contributed by atoms with E-state index in [0.717, 1.165) is 43.2 Å². The summed E-state index contributed by atoms with van der Waals surface area (Å²) in [5, 5.41) is 3.51. The van der Waals surface area contributed by atoms with E-state index in [1.807, 2.05) is 6.92 Å². The van der Waals surface area contributed by atoms with Gasteiger partial charge in [-0.05, 0) is 52.0 Å². The molecule has 0 aromatic carbocycles. The fourth-order valence-corrected chi connectivity index (χ4v) is 2.61. The third-order valence-electron chi connectivity index (χ3n) is 4.00. The van der Waals surface area contributed by atoms with E-state index < -0.39 is 0 Å². The summed E-state index contributed by atoms with van der Waals surface area (Å²) in [4.78, 5) is 9.34. The highest BCUT2D eigenvalue weighted by Crippen LogP contribution is 2.32. The van der Waals surface area contributed by atoms with Crippen LogP contribution in [0.5, 0.6) is 0 Å². The van der Waals surface area contributed by atoms with Crippen LogP contribution >= 0.6 is 0 Å². The monoisotopic (exact) mass is 261 g/mol. The zero-order valence-electron chi connectivity index (χ0n) is 11.9. The molecule has 0 spiro atoms. The Bertz CT molecular complexity index is 451. The Morgan fingerprint density at radius 1 is 1.37 bits per heavy atom. The maximum absolute atomic E-state index is 5.95. The van der Waals surface area contributed by atoms with Crippen molar-refractivity contribution in [1.82, 2.24) is 15.3 Å². The van der Waals surface area contributed by atoms with Gasteiger partial charge < -0.3 is 10.1 Å². The van der Waals surface area contributed by atoms with E-state index in [1.165, 1.54) is 19.3 Å². The summed E-state index contributed by atoms with van der Waals surface area (Å²) in [5.41, 5.74) is 1.83. The zero-order chi connectivity index (χ0) is 13.3. The van der Waals surface area contributed by atoms with Crippen molar-refractivity contribution >= 4 is 0 Å². The lowest BCUT2D eigenvalue weighted by Crippen LogP contribution is -2.33. The topological polar surface area (TPSA) is 47.0 Å². The Labute approximate surface area is 115 Å². The van der Waals surface area contributed by atoms with Crippen molar-refractivity contribution in [2.75, 3.05) is 6.61 Å². The Morgan fingerprint density at radius 3 is 2.89 bits per heavy atom. The molecular formula is C15H23N3O. The zero-order valence-corrected chi connectivity index (χ0v) is 11.9. The summed E-state index contributed by atoms with van der Waals surface area (Å²) in [7, 11) is 0. The van der Waals surface area contributed by atoms with Crippen LogP contribution in [0, 0.1) is 6.92 Å². The second kappa shape index (κ2) is 5.17. The molecule has 2 fully saturated rings. The average molecular weight is 261 g/mol. The predicted octanol–water partition coefficient (Wildman–Crippen LogP) is 2.45. The van der Waals surface area contributed by atoms with Crippen LogP contribution in [-0.2, 0) is 16.9 Å². The number of hydrogen-bond acceptors (Lipinski definition) is 4. The van der Waals surface area contributed by atoms with Gasteiger partial charge in [0.05, 0.1) is 5.69 Å². The van der Waals surface area contributed by atoms with Crippen molar-refractivity contribution in [2.24, 2.45) is 0 Å². The molecule has 0 amide bonds. The first-order valence-electron chi connectivity index (χ1n) is 7.38. The second-order valence-electron chi connectivity index (χ2n) is 6.02. The fraction of sp³-hybridized carbons (Fsp3) is 0.733. The number of ether oxygens (including phenoxy) is 1. The van der Waals surface area contributed by atoms with Gasteiger partial charge in [0.2, 0.25) is 0 Å². The molecule has 0 radical (unpaired) electrons. The SMILES string of the molecule is Cc1cc(CNC2CC2)nc(C2(C)CCCCO2)n1. The quantitative estimate of drug-likeness (QED) is 0.904. The molecule has 0 bridgehead atoms. The minimum Gasteiger partial charge on any atom is -0.367 e. The van der Waals surface area contributed by atoms with Crippen LogP contribution in [0.1, 0.15) is 56.2 Å². The van der Waals surface area contributed by atoms with E-state index >= 15 is 0 Å². The fourth-order valence-electron chi connectivity index (χ4n) is 2.61. The van der Waals surface area contributed by atoms with E-state index in [4.69, 9.17) is 9.72 Å². The minimum absolute atomic E-state index is 0.293. The number of hydrogen-bond donors (Lipinski definition) is 1. The maximum atomic E-state index is 5.95. The molecule has 1 saturated carbocycles. The molecule has 19 heavy (non-hydrogen) atoms. The van der Waals surface area contributed by atoms with Crippen LogP contribution in [0.3, 0.4) is 0 Å². The van der Waals surface area contributed by atoms with Gasteiger partial charge in [-0.1, -0.05) is 0 Å². The summed E-state index contributed by atoms with van der Waals surface area (Å²) in [6.07, 6.45) is 5.97. The molecule has 1 atom stereocenters.